The molecular weight excluding hydrogens is 248 g/mol. The number of nitrogens with two attached hydrogens (primary N) is 1. The van der Waals surface area contributed by atoms with Gasteiger partial charge in [0.1, 0.15) is 0 Å². The van der Waals surface area contributed by atoms with Crippen LogP contribution in [0.3, 0.4) is 0 Å². The third kappa shape index (κ3) is 2.41. The van der Waals surface area contributed by atoms with E-state index in [0.717, 1.165) is 19.3 Å². The van der Waals surface area contributed by atoms with Gasteiger partial charge in [0.15, 0.2) is 0 Å². The quantitative estimate of drug-likeness (QED) is 0.873. The molecule has 0 heterocycles. The van der Waals surface area contributed by atoms with Gasteiger partial charge in [0, 0.05) is 13.1 Å². The van der Waals surface area contributed by atoms with Crippen LogP contribution in [0.5, 0.6) is 0 Å². The average molecular weight is 268 g/mol. The van der Waals surface area contributed by atoms with E-state index < -0.39 is 0 Å². The topological polar surface area (TPSA) is 55.1 Å². The maximum Gasteiger partial charge on any atom is 0.227 e. The van der Waals surface area contributed by atoms with E-state index in [1.807, 2.05) is 6.07 Å². The van der Waals surface area contributed by atoms with Crippen molar-refractivity contribution in [3.8, 4) is 0 Å². The number of hydrogen-bond acceptors (Lipinski definition) is 2. The Morgan fingerprint density at radius 1 is 1.15 bits per heavy atom. The summed E-state index contributed by atoms with van der Waals surface area (Å²) in [5, 5.41) is 5.55. The van der Waals surface area contributed by atoms with Crippen LogP contribution in [-0.2, 0) is 11.2 Å². The Morgan fingerprint density at radius 3 is 2.65 bits per heavy atom. The minimum absolute atomic E-state index is 0.125. The van der Waals surface area contributed by atoms with Gasteiger partial charge in [-0.05, 0) is 35.6 Å². The van der Waals surface area contributed by atoms with Gasteiger partial charge in [0.05, 0.1) is 5.41 Å². The second kappa shape index (κ2) is 5.25. The molecule has 1 amide bonds. The summed E-state index contributed by atoms with van der Waals surface area (Å²) < 4.78 is 0. The number of amides is 1. The van der Waals surface area contributed by atoms with Crippen molar-refractivity contribution in [3.63, 3.8) is 0 Å². The number of nitrogens with one attached hydrogen (secondary N) is 1. The Labute approximate surface area is 119 Å². The number of carbonyl (C=O) groups is 1. The molecule has 0 aromatic heterocycles. The molecule has 0 aliphatic heterocycles. The van der Waals surface area contributed by atoms with Crippen molar-refractivity contribution in [1.29, 1.82) is 0 Å². The summed E-state index contributed by atoms with van der Waals surface area (Å²) in [6.45, 7) is 1.14. The van der Waals surface area contributed by atoms with E-state index in [9.17, 15) is 4.79 Å². The fourth-order valence-electron chi connectivity index (χ4n) is 2.68. The zero-order valence-corrected chi connectivity index (χ0v) is 11.6. The molecule has 3 heteroatoms. The van der Waals surface area contributed by atoms with Crippen LogP contribution in [0.4, 0.5) is 0 Å². The molecule has 1 aliphatic rings. The molecule has 0 spiro atoms. The number of hydrogen-bond donors (Lipinski definition) is 2. The first kappa shape index (κ1) is 13.1. The van der Waals surface area contributed by atoms with Crippen LogP contribution in [0.1, 0.15) is 18.4 Å². The minimum atomic E-state index is -0.251. The molecule has 2 aromatic carbocycles. The predicted molar refractivity (Wildman–Crippen MR) is 81.4 cm³/mol. The van der Waals surface area contributed by atoms with Gasteiger partial charge in [0.25, 0.3) is 0 Å². The highest BCUT2D eigenvalue weighted by molar-refractivity contribution is 5.86. The summed E-state index contributed by atoms with van der Waals surface area (Å²) in [6.07, 6.45) is 2.72. The molecule has 0 atom stereocenters. The fourth-order valence-corrected chi connectivity index (χ4v) is 2.68. The Kier molecular flexibility index (Phi) is 3.45. The molecule has 1 fully saturated rings. The summed E-state index contributed by atoms with van der Waals surface area (Å²) in [4.78, 5) is 12.0. The summed E-state index contributed by atoms with van der Waals surface area (Å²) in [5.41, 5.74) is 6.69. The molecule has 1 aliphatic carbocycles. The molecular formula is C17H20N2O. The monoisotopic (exact) mass is 268 g/mol. The van der Waals surface area contributed by atoms with Gasteiger partial charge in [-0.15, -0.1) is 0 Å². The van der Waals surface area contributed by atoms with Gasteiger partial charge in [-0.1, -0.05) is 42.5 Å². The molecule has 104 valence electrons. The molecule has 1 saturated carbocycles. The predicted octanol–water partition coefficient (Wildman–Crippen LogP) is 2.24. The van der Waals surface area contributed by atoms with Crippen molar-refractivity contribution in [2.75, 3.05) is 13.1 Å². The van der Waals surface area contributed by atoms with Gasteiger partial charge in [-0.2, -0.15) is 0 Å². The van der Waals surface area contributed by atoms with E-state index in [4.69, 9.17) is 5.73 Å². The van der Waals surface area contributed by atoms with Crippen LogP contribution in [0.25, 0.3) is 10.8 Å². The molecule has 0 saturated heterocycles. The second-order valence-electron chi connectivity index (χ2n) is 5.63. The Hall–Kier alpha value is -1.87. The SMILES string of the molecule is NCC1(C(=O)NCCc2cccc3ccccc23)CC1. The summed E-state index contributed by atoms with van der Waals surface area (Å²) in [5.74, 6) is 0.125. The van der Waals surface area contributed by atoms with Crippen molar-refractivity contribution < 1.29 is 4.79 Å². The lowest BCUT2D eigenvalue weighted by Gasteiger charge is -2.13. The van der Waals surface area contributed by atoms with Crippen molar-refractivity contribution in [1.82, 2.24) is 5.32 Å². The van der Waals surface area contributed by atoms with Crippen molar-refractivity contribution >= 4 is 16.7 Å². The summed E-state index contributed by atoms with van der Waals surface area (Å²) in [6, 6.07) is 14.7. The van der Waals surface area contributed by atoms with E-state index in [2.05, 4.69) is 41.7 Å². The van der Waals surface area contributed by atoms with Crippen LogP contribution in [0.2, 0.25) is 0 Å². The lowest BCUT2D eigenvalue weighted by molar-refractivity contribution is -0.125. The van der Waals surface area contributed by atoms with Crippen molar-refractivity contribution in [2.24, 2.45) is 11.1 Å². The van der Waals surface area contributed by atoms with E-state index in [-0.39, 0.29) is 11.3 Å². The lowest BCUT2D eigenvalue weighted by Crippen LogP contribution is -2.37. The first-order chi connectivity index (χ1) is 9.75. The Balaban J connectivity index is 1.64. The van der Waals surface area contributed by atoms with Crippen LogP contribution in [0.15, 0.2) is 42.5 Å². The number of benzene rings is 2. The Bertz CT molecular complexity index is 626. The first-order valence-electron chi connectivity index (χ1n) is 7.20. The second-order valence-corrected chi connectivity index (χ2v) is 5.63. The standard InChI is InChI=1S/C17H20N2O/c18-12-17(9-10-17)16(20)19-11-8-14-6-3-5-13-4-1-2-7-15(13)14/h1-7H,8-12,18H2,(H,19,20). The lowest BCUT2D eigenvalue weighted by atomic mass is 10.0. The van der Waals surface area contributed by atoms with Crippen LogP contribution < -0.4 is 11.1 Å². The highest BCUT2D eigenvalue weighted by Crippen LogP contribution is 2.44. The number of fused-ring (bicyclic) bond motifs is 1. The van der Waals surface area contributed by atoms with Crippen LogP contribution in [-0.4, -0.2) is 19.0 Å². The fraction of sp³-hybridized carbons (Fsp3) is 0.353. The zero-order valence-electron chi connectivity index (χ0n) is 11.6. The van der Waals surface area contributed by atoms with E-state index >= 15 is 0 Å². The van der Waals surface area contributed by atoms with Gasteiger partial charge >= 0.3 is 0 Å². The molecule has 3 N–H and O–H groups in total. The van der Waals surface area contributed by atoms with Gasteiger partial charge in [0.2, 0.25) is 5.91 Å². The molecule has 0 unspecified atom stereocenters. The van der Waals surface area contributed by atoms with Crippen molar-refractivity contribution in [2.45, 2.75) is 19.3 Å². The smallest absolute Gasteiger partial charge is 0.227 e. The molecule has 3 nitrogen and oxygen atoms in total. The highest BCUT2D eigenvalue weighted by atomic mass is 16.2. The summed E-state index contributed by atoms with van der Waals surface area (Å²) >= 11 is 0. The molecule has 0 radical (unpaired) electrons. The largest absolute Gasteiger partial charge is 0.355 e. The van der Waals surface area contributed by atoms with Gasteiger partial charge < -0.3 is 11.1 Å². The van der Waals surface area contributed by atoms with Gasteiger partial charge in [-0.25, -0.2) is 0 Å². The maximum atomic E-state index is 12.0. The first-order valence-corrected chi connectivity index (χ1v) is 7.20. The zero-order chi connectivity index (χ0) is 14.0. The van der Waals surface area contributed by atoms with E-state index in [0.29, 0.717) is 13.1 Å². The summed E-state index contributed by atoms with van der Waals surface area (Å²) in [7, 11) is 0. The maximum absolute atomic E-state index is 12.0. The molecule has 0 bridgehead atoms. The average Bonchev–Trinajstić information content (AvgIpc) is 3.28. The number of rotatable bonds is 5. The third-order valence-electron chi connectivity index (χ3n) is 4.29. The van der Waals surface area contributed by atoms with E-state index in [1.165, 1.54) is 16.3 Å². The molecule has 20 heavy (non-hydrogen) atoms. The molecule has 2 aromatic rings. The van der Waals surface area contributed by atoms with Gasteiger partial charge in [-0.3, -0.25) is 4.79 Å². The minimum Gasteiger partial charge on any atom is -0.355 e. The van der Waals surface area contributed by atoms with Crippen LogP contribution in [0, 0.1) is 5.41 Å². The van der Waals surface area contributed by atoms with Crippen LogP contribution >= 0.6 is 0 Å². The Morgan fingerprint density at radius 2 is 1.90 bits per heavy atom. The highest BCUT2D eigenvalue weighted by Gasteiger charge is 2.48. The number of carbonyl (C=O) groups excluding carboxylic acids is 1. The molecule has 3 rings (SSSR count). The van der Waals surface area contributed by atoms with E-state index in [1.54, 1.807) is 0 Å². The third-order valence-corrected chi connectivity index (χ3v) is 4.29. The normalized spacial score (nSPS) is 16.1. The van der Waals surface area contributed by atoms with Crippen molar-refractivity contribution in [3.05, 3.63) is 48.0 Å².